The topological polar surface area (TPSA) is 244 Å². The second-order valence-electron chi connectivity index (χ2n) is 10.3. The van der Waals surface area contributed by atoms with Gasteiger partial charge in [-0.25, -0.2) is 37.9 Å². The Morgan fingerprint density at radius 1 is 0.841 bits per heavy atom. The van der Waals surface area contributed by atoms with Gasteiger partial charge in [0.1, 0.15) is 35.7 Å². The first-order valence-electron chi connectivity index (χ1n) is 13.1. The molecule has 44 heavy (non-hydrogen) atoms. The molecule has 236 valence electrons. The Balaban J connectivity index is 1.17. The number of ether oxygens (including phenoxy) is 2. The average Bonchev–Trinajstić information content (AvgIpc) is 3.73. The van der Waals surface area contributed by atoms with Gasteiger partial charge in [-0.2, -0.15) is 21.6 Å². The van der Waals surface area contributed by atoms with E-state index in [1.54, 1.807) is 0 Å². The van der Waals surface area contributed by atoms with Crippen LogP contribution in [0.5, 0.6) is 0 Å². The first-order valence-corrected chi connectivity index (χ1v) is 16.1. The van der Waals surface area contributed by atoms with Crippen molar-refractivity contribution in [1.82, 2.24) is 38.8 Å². The molecule has 22 heteroatoms. The monoisotopic (exact) mass is 658 g/mol. The lowest BCUT2D eigenvalue weighted by molar-refractivity contribution is -0.0235. The van der Waals surface area contributed by atoms with Crippen LogP contribution in [0.25, 0.3) is 22.3 Å². The fourth-order valence-electron chi connectivity index (χ4n) is 5.50. The number of aromatic nitrogens is 7. The predicted octanol–water partition coefficient (Wildman–Crippen LogP) is -0.755. The summed E-state index contributed by atoms with van der Waals surface area (Å²) in [5, 5.41) is 0. The van der Waals surface area contributed by atoms with E-state index in [1.807, 2.05) is 0 Å². The third-order valence-electron chi connectivity index (χ3n) is 7.57. The van der Waals surface area contributed by atoms with Gasteiger partial charge in [-0.15, -0.1) is 0 Å². The largest absolute Gasteiger partial charge is 0.397 e. The molecule has 4 aromatic heterocycles. The van der Waals surface area contributed by atoms with E-state index in [0.717, 1.165) is 6.33 Å². The van der Waals surface area contributed by atoms with Crippen LogP contribution in [0.1, 0.15) is 18.9 Å². The van der Waals surface area contributed by atoms with Crippen molar-refractivity contribution >= 4 is 54.3 Å². The van der Waals surface area contributed by atoms with Gasteiger partial charge >= 0.3 is 10.3 Å². The molecule has 0 radical (unpaired) electrons. The maximum Gasteiger partial charge on any atom is 0.336 e. The number of nitrogens with two attached hydrogens (primary N) is 2. The van der Waals surface area contributed by atoms with Crippen LogP contribution < -0.4 is 16.2 Å². The Morgan fingerprint density at radius 3 is 2.20 bits per heavy atom. The number of nitrogens with one attached hydrogen (secondary N) is 1. The highest BCUT2D eigenvalue weighted by molar-refractivity contribution is 7.86. The Morgan fingerprint density at radius 2 is 1.48 bits per heavy atom. The zero-order valence-corrected chi connectivity index (χ0v) is 23.9. The molecule has 0 unspecified atom stereocenters. The van der Waals surface area contributed by atoms with E-state index in [2.05, 4.69) is 29.6 Å². The summed E-state index contributed by atoms with van der Waals surface area (Å²) in [4.78, 5) is 20.2. The lowest BCUT2D eigenvalue weighted by Crippen LogP contribution is -2.45. The normalized spacial score (nSPS) is 33.9. The lowest BCUT2D eigenvalue weighted by atomic mass is 10.1. The summed E-state index contributed by atoms with van der Waals surface area (Å²) in [6.07, 6.45) is -9.31. The van der Waals surface area contributed by atoms with E-state index >= 15 is 8.78 Å². The minimum atomic E-state index is -4.73. The number of halogens is 2. The number of nitrogens with zero attached hydrogens (tertiary/aromatic N) is 7. The molecule has 0 aromatic carbocycles. The van der Waals surface area contributed by atoms with Crippen LogP contribution in [0.3, 0.4) is 0 Å². The molecule has 8 atom stereocenters. The molecule has 3 aliphatic heterocycles. The van der Waals surface area contributed by atoms with Crippen molar-refractivity contribution in [3.8, 4) is 0 Å². The average molecular weight is 659 g/mol. The standard InChI is InChI=1S/C22H24F2N10O8S2/c23-12-16-10(39-21(12)33-7-30-14-9(25)1-3-27-19(14)33)2-4-43(35,36)41-17-11(5-32-44(37,38)42-16)40-22(13(17)24)34-8-31-15-18(26)28-6-29-20(15)34/h1,3,6-8,10-13,16-17,21-22,32H,2,4-5H2,(H2,25,27)(H2,26,28,29)/t10-,11-,12-,13-,16-,17-,21-,22-/m1/s1. The van der Waals surface area contributed by atoms with E-state index in [0.29, 0.717) is 0 Å². The lowest BCUT2D eigenvalue weighted by Gasteiger charge is -2.24. The van der Waals surface area contributed by atoms with E-state index in [9.17, 15) is 16.8 Å². The molecule has 0 amide bonds. The van der Waals surface area contributed by atoms with Gasteiger partial charge in [0, 0.05) is 12.7 Å². The van der Waals surface area contributed by atoms with Crippen LogP contribution in [0, 0.1) is 0 Å². The summed E-state index contributed by atoms with van der Waals surface area (Å²) >= 11 is 0. The molecule has 7 rings (SSSR count). The fraction of sp³-hybridized carbons (Fsp3) is 0.500. The Kier molecular flexibility index (Phi) is 6.91. The summed E-state index contributed by atoms with van der Waals surface area (Å²) in [6, 6.07) is 1.49. The van der Waals surface area contributed by atoms with Crippen LogP contribution in [0.2, 0.25) is 0 Å². The Hall–Kier alpha value is -3.67. The minimum Gasteiger partial charge on any atom is -0.397 e. The number of fused-ring (bicyclic) bond motifs is 4. The first kappa shape index (κ1) is 29.1. The summed E-state index contributed by atoms with van der Waals surface area (Å²) in [5.74, 6) is -0.779. The van der Waals surface area contributed by atoms with Crippen molar-refractivity contribution in [2.45, 2.75) is 55.6 Å². The number of hydrogen-bond donors (Lipinski definition) is 3. The second kappa shape index (κ2) is 10.5. The zero-order valence-electron chi connectivity index (χ0n) is 22.3. The van der Waals surface area contributed by atoms with Crippen LogP contribution in [-0.2, 0) is 38.3 Å². The van der Waals surface area contributed by atoms with Crippen molar-refractivity contribution in [3.63, 3.8) is 0 Å². The van der Waals surface area contributed by atoms with Gasteiger partial charge in [0.25, 0.3) is 10.1 Å². The summed E-state index contributed by atoms with van der Waals surface area (Å²) in [6.45, 7) is -0.697. The van der Waals surface area contributed by atoms with E-state index in [1.165, 1.54) is 34.1 Å². The molecule has 0 bridgehead atoms. The third kappa shape index (κ3) is 4.91. The van der Waals surface area contributed by atoms with Crippen LogP contribution in [0.4, 0.5) is 20.3 Å². The third-order valence-corrected chi connectivity index (χ3v) is 9.82. The maximum atomic E-state index is 15.9. The molecule has 3 aliphatic rings. The molecule has 0 spiro atoms. The van der Waals surface area contributed by atoms with Crippen molar-refractivity contribution in [2.24, 2.45) is 0 Å². The molecule has 7 heterocycles. The van der Waals surface area contributed by atoms with Gasteiger partial charge in [0.05, 0.1) is 30.2 Å². The Bertz CT molecular complexity index is 1820. The molecule has 3 fully saturated rings. The SMILES string of the molecule is Nc1ccnc2c1ncn2[C@@H]1O[C@@H]2CCS(=O)(=O)O[C@H]3[C@@H](F)[C@H](n4cnc5c(N)ncnc54)O[C@@H]3CNS(=O)(=O)O[C@H]2[C@H]1F. The number of anilines is 2. The Labute approximate surface area is 247 Å². The highest BCUT2D eigenvalue weighted by atomic mass is 32.2. The number of imidazole rings is 2. The molecular formula is C22H24F2N10O8S2. The first-order chi connectivity index (χ1) is 20.9. The smallest absolute Gasteiger partial charge is 0.336 e. The van der Waals surface area contributed by atoms with E-state index < -0.39 is 88.4 Å². The number of nitrogen functional groups attached to an aromatic ring is 2. The highest BCUT2D eigenvalue weighted by Crippen LogP contribution is 2.40. The van der Waals surface area contributed by atoms with Crippen molar-refractivity contribution in [3.05, 3.63) is 31.2 Å². The van der Waals surface area contributed by atoms with E-state index in [4.69, 9.17) is 29.3 Å². The fourth-order valence-corrected chi connectivity index (χ4v) is 7.65. The molecule has 3 saturated heterocycles. The van der Waals surface area contributed by atoms with Gasteiger partial charge in [0.15, 0.2) is 41.9 Å². The van der Waals surface area contributed by atoms with Gasteiger partial charge in [-0.3, -0.25) is 13.3 Å². The molecule has 4 aromatic rings. The predicted molar refractivity (Wildman–Crippen MR) is 144 cm³/mol. The second-order valence-corrected chi connectivity index (χ2v) is 13.4. The van der Waals surface area contributed by atoms with Gasteiger partial charge < -0.3 is 20.9 Å². The van der Waals surface area contributed by atoms with Crippen molar-refractivity contribution in [1.29, 1.82) is 0 Å². The quantitative estimate of drug-likeness (QED) is 0.224. The van der Waals surface area contributed by atoms with Gasteiger partial charge in [-0.1, -0.05) is 0 Å². The van der Waals surface area contributed by atoms with Crippen LogP contribution in [0.15, 0.2) is 31.2 Å². The molecule has 0 aliphatic carbocycles. The maximum absolute atomic E-state index is 15.9. The summed E-state index contributed by atoms with van der Waals surface area (Å²) in [5.41, 5.74) is 12.6. The van der Waals surface area contributed by atoms with Crippen molar-refractivity contribution in [2.75, 3.05) is 23.8 Å². The van der Waals surface area contributed by atoms with Crippen LogP contribution >= 0.6 is 0 Å². The van der Waals surface area contributed by atoms with Crippen molar-refractivity contribution < 1.29 is 43.5 Å². The van der Waals surface area contributed by atoms with Crippen LogP contribution in [-0.4, -0.2) is 99.9 Å². The zero-order chi connectivity index (χ0) is 31.0. The number of pyridine rings is 1. The highest BCUT2D eigenvalue weighted by Gasteiger charge is 2.53. The molecular weight excluding hydrogens is 634 g/mol. The number of alkyl halides is 2. The molecule has 0 saturated carbocycles. The summed E-state index contributed by atoms with van der Waals surface area (Å²) in [7, 11) is -9.24. The number of rotatable bonds is 2. The van der Waals surface area contributed by atoms with E-state index in [-0.39, 0.29) is 33.8 Å². The minimum absolute atomic E-state index is 0.0141. The molecule has 18 nitrogen and oxygen atoms in total. The molecule has 5 N–H and O–H groups in total. The number of hydrogen-bond acceptors (Lipinski definition) is 15. The van der Waals surface area contributed by atoms with Gasteiger partial charge in [-0.05, 0) is 12.5 Å². The van der Waals surface area contributed by atoms with Gasteiger partial charge in [0.2, 0.25) is 0 Å². The summed E-state index contributed by atoms with van der Waals surface area (Å²) < 4.78 is 110.